The molecule has 1 rings (SSSR count). The van der Waals surface area contributed by atoms with Crippen molar-refractivity contribution in [1.82, 2.24) is 10.6 Å². The van der Waals surface area contributed by atoms with E-state index in [1.54, 1.807) is 24.3 Å². The molecule has 0 saturated heterocycles. The van der Waals surface area contributed by atoms with Gasteiger partial charge in [0.25, 0.3) is 0 Å². The SMILES string of the molecule is CCCC[C@H](NC(=O)C(C)(C)NC(=O)Nc1ccccc1)C(=O)O. The summed E-state index contributed by atoms with van der Waals surface area (Å²) in [4.78, 5) is 35.5. The van der Waals surface area contributed by atoms with Crippen LogP contribution in [0, 0.1) is 0 Å². The van der Waals surface area contributed by atoms with Crippen molar-refractivity contribution >= 4 is 23.6 Å². The van der Waals surface area contributed by atoms with Crippen molar-refractivity contribution in [2.75, 3.05) is 5.32 Å². The van der Waals surface area contributed by atoms with Crippen LogP contribution in [0.3, 0.4) is 0 Å². The molecule has 0 unspecified atom stereocenters. The third-order valence-corrected chi connectivity index (χ3v) is 3.48. The van der Waals surface area contributed by atoms with Crippen LogP contribution in [0.1, 0.15) is 40.0 Å². The molecular weight excluding hydrogens is 310 g/mol. The summed E-state index contributed by atoms with van der Waals surface area (Å²) in [5.41, 5.74) is -0.656. The van der Waals surface area contributed by atoms with Crippen LogP contribution >= 0.6 is 0 Å². The lowest BCUT2D eigenvalue weighted by Crippen LogP contribution is -2.58. The molecule has 0 spiro atoms. The van der Waals surface area contributed by atoms with E-state index in [1.165, 1.54) is 13.8 Å². The lowest BCUT2D eigenvalue weighted by molar-refractivity contribution is -0.142. The maximum atomic E-state index is 12.3. The predicted octanol–water partition coefficient (Wildman–Crippen LogP) is 2.35. The number of nitrogens with one attached hydrogen (secondary N) is 3. The molecule has 0 heterocycles. The van der Waals surface area contributed by atoms with Crippen molar-refractivity contribution < 1.29 is 19.5 Å². The molecular formula is C17H25N3O4. The summed E-state index contributed by atoms with van der Waals surface area (Å²) in [7, 11) is 0. The average molecular weight is 335 g/mol. The van der Waals surface area contributed by atoms with Crippen LogP contribution in [0.2, 0.25) is 0 Å². The first-order chi connectivity index (χ1) is 11.3. The number of amides is 3. The first-order valence-electron chi connectivity index (χ1n) is 7.94. The minimum absolute atomic E-state index is 0.351. The minimum atomic E-state index is -1.25. The fourth-order valence-corrected chi connectivity index (χ4v) is 2.03. The number of carboxylic acid groups (broad SMARTS) is 1. The number of carbonyl (C=O) groups is 3. The average Bonchev–Trinajstić information content (AvgIpc) is 2.51. The van der Waals surface area contributed by atoms with Crippen molar-refractivity contribution in [2.24, 2.45) is 0 Å². The van der Waals surface area contributed by atoms with E-state index in [9.17, 15) is 19.5 Å². The topological polar surface area (TPSA) is 108 Å². The second-order valence-electron chi connectivity index (χ2n) is 6.08. The van der Waals surface area contributed by atoms with Crippen molar-refractivity contribution in [3.63, 3.8) is 0 Å². The summed E-state index contributed by atoms with van der Waals surface area (Å²) in [5.74, 6) is -1.63. The summed E-state index contributed by atoms with van der Waals surface area (Å²) in [6.07, 6.45) is 1.88. The lowest BCUT2D eigenvalue weighted by Gasteiger charge is -2.27. The quantitative estimate of drug-likeness (QED) is 0.585. The molecule has 0 bridgehead atoms. The number of para-hydroxylation sites is 1. The second-order valence-corrected chi connectivity index (χ2v) is 6.08. The number of benzene rings is 1. The van der Waals surface area contributed by atoms with E-state index >= 15 is 0 Å². The van der Waals surface area contributed by atoms with Crippen LogP contribution < -0.4 is 16.0 Å². The molecule has 24 heavy (non-hydrogen) atoms. The molecule has 0 aliphatic rings. The van der Waals surface area contributed by atoms with Gasteiger partial charge in [0.1, 0.15) is 11.6 Å². The van der Waals surface area contributed by atoms with Crippen molar-refractivity contribution in [2.45, 2.75) is 51.6 Å². The van der Waals surface area contributed by atoms with Crippen LogP contribution in [0.5, 0.6) is 0 Å². The smallest absolute Gasteiger partial charge is 0.326 e. The first-order valence-corrected chi connectivity index (χ1v) is 7.94. The van der Waals surface area contributed by atoms with Crippen LogP contribution in [0.15, 0.2) is 30.3 Å². The van der Waals surface area contributed by atoms with Crippen molar-refractivity contribution in [3.8, 4) is 0 Å². The highest BCUT2D eigenvalue weighted by Crippen LogP contribution is 2.09. The van der Waals surface area contributed by atoms with Gasteiger partial charge in [-0.25, -0.2) is 9.59 Å². The molecule has 1 atom stereocenters. The Hall–Kier alpha value is -2.57. The lowest BCUT2D eigenvalue weighted by atomic mass is 10.0. The maximum Gasteiger partial charge on any atom is 0.326 e. The molecule has 4 N–H and O–H groups in total. The number of rotatable bonds is 8. The van der Waals surface area contributed by atoms with Crippen LogP contribution in [0.4, 0.5) is 10.5 Å². The number of anilines is 1. The molecule has 3 amide bonds. The summed E-state index contributed by atoms with van der Waals surface area (Å²) in [5, 5.41) is 16.8. The van der Waals surface area contributed by atoms with E-state index in [0.29, 0.717) is 18.5 Å². The highest BCUT2D eigenvalue weighted by molar-refractivity contribution is 5.96. The van der Waals surface area contributed by atoms with Gasteiger partial charge in [0, 0.05) is 5.69 Å². The monoisotopic (exact) mass is 335 g/mol. The van der Waals surface area contributed by atoms with E-state index in [0.717, 1.165) is 6.42 Å². The Morgan fingerprint density at radius 3 is 2.33 bits per heavy atom. The normalized spacial score (nSPS) is 12.1. The Morgan fingerprint density at radius 1 is 1.17 bits per heavy atom. The summed E-state index contributed by atoms with van der Waals surface area (Å²) in [6.45, 7) is 4.98. The number of unbranched alkanes of at least 4 members (excludes halogenated alkanes) is 1. The van der Waals surface area contributed by atoms with Crippen molar-refractivity contribution in [1.29, 1.82) is 0 Å². The number of aliphatic carboxylic acids is 1. The Labute approximate surface area is 141 Å². The largest absolute Gasteiger partial charge is 0.480 e. The molecule has 132 valence electrons. The summed E-state index contributed by atoms with van der Waals surface area (Å²) >= 11 is 0. The third kappa shape index (κ3) is 6.28. The Kier molecular flexibility index (Phi) is 7.23. The van der Waals surface area contributed by atoms with E-state index < -0.39 is 29.5 Å². The molecule has 0 fully saturated rings. The molecule has 0 saturated carbocycles. The van der Waals surface area contributed by atoms with Gasteiger partial charge in [0.15, 0.2) is 0 Å². The fourth-order valence-electron chi connectivity index (χ4n) is 2.03. The van der Waals surface area contributed by atoms with Gasteiger partial charge >= 0.3 is 12.0 Å². The van der Waals surface area contributed by atoms with Gasteiger partial charge in [-0.1, -0.05) is 38.0 Å². The van der Waals surface area contributed by atoms with Gasteiger partial charge in [-0.15, -0.1) is 0 Å². The van der Waals surface area contributed by atoms with Gasteiger partial charge < -0.3 is 21.1 Å². The number of carboxylic acids is 1. The Balaban J connectivity index is 2.63. The molecule has 7 nitrogen and oxygen atoms in total. The molecule has 0 radical (unpaired) electrons. The standard InChI is InChI=1S/C17H25N3O4/c1-4-5-11-13(14(21)22)19-15(23)17(2,3)20-16(24)18-12-9-7-6-8-10-12/h6-10,13H,4-5,11H2,1-3H3,(H,19,23)(H,21,22)(H2,18,20,24)/t13-/m0/s1. The predicted molar refractivity (Wildman–Crippen MR) is 91.8 cm³/mol. The molecule has 0 aliphatic carbocycles. The summed E-state index contributed by atoms with van der Waals surface area (Å²) < 4.78 is 0. The van der Waals surface area contributed by atoms with Gasteiger partial charge in [-0.05, 0) is 32.4 Å². The molecule has 0 aliphatic heterocycles. The first kappa shape index (κ1) is 19.5. The van der Waals surface area contributed by atoms with Crippen LogP contribution in [-0.2, 0) is 9.59 Å². The minimum Gasteiger partial charge on any atom is -0.480 e. The highest BCUT2D eigenvalue weighted by Gasteiger charge is 2.32. The van der Waals surface area contributed by atoms with E-state index in [2.05, 4.69) is 16.0 Å². The molecule has 7 heteroatoms. The molecule has 1 aromatic carbocycles. The zero-order chi connectivity index (χ0) is 18.2. The van der Waals surface area contributed by atoms with Crippen molar-refractivity contribution in [3.05, 3.63) is 30.3 Å². The van der Waals surface area contributed by atoms with Crippen LogP contribution in [0.25, 0.3) is 0 Å². The van der Waals surface area contributed by atoms with Gasteiger partial charge in [0.2, 0.25) is 5.91 Å². The van der Waals surface area contributed by atoms with Crippen LogP contribution in [-0.4, -0.2) is 34.6 Å². The fraction of sp³-hybridized carbons (Fsp3) is 0.471. The van der Waals surface area contributed by atoms with E-state index in [4.69, 9.17) is 0 Å². The zero-order valence-corrected chi connectivity index (χ0v) is 14.3. The number of urea groups is 1. The van der Waals surface area contributed by atoms with E-state index in [1.807, 2.05) is 13.0 Å². The summed E-state index contributed by atoms with van der Waals surface area (Å²) in [6, 6.07) is 7.31. The number of hydrogen-bond acceptors (Lipinski definition) is 3. The highest BCUT2D eigenvalue weighted by atomic mass is 16.4. The van der Waals surface area contributed by atoms with Gasteiger partial charge in [-0.2, -0.15) is 0 Å². The van der Waals surface area contributed by atoms with Gasteiger partial charge in [-0.3, -0.25) is 4.79 Å². The van der Waals surface area contributed by atoms with Gasteiger partial charge in [0.05, 0.1) is 0 Å². The molecule has 0 aromatic heterocycles. The Bertz CT molecular complexity index is 572. The second kappa shape index (κ2) is 8.90. The third-order valence-electron chi connectivity index (χ3n) is 3.48. The number of hydrogen-bond donors (Lipinski definition) is 4. The molecule has 1 aromatic rings. The Morgan fingerprint density at radius 2 is 1.79 bits per heavy atom. The van der Waals surface area contributed by atoms with E-state index in [-0.39, 0.29) is 0 Å². The zero-order valence-electron chi connectivity index (χ0n) is 14.3. The maximum absolute atomic E-state index is 12.3. The number of carbonyl (C=O) groups excluding carboxylic acids is 2.